The Hall–Kier alpha value is -3.10. The molecule has 1 aliphatic rings. The SMILES string of the molecule is CCC(=O)c1ccc(OCC(=O)NCCN2C(=O)SC(=Cc3ccc(Cl)cc3)C2=O)cc1. The molecular weight excluding hydrogens is 452 g/mol. The van der Waals surface area contributed by atoms with Crippen molar-refractivity contribution in [3.8, 4) is 5.75 Å². The lowest BCUT2D eigenvalue weighted by Gasteiger charge is -2.13. The number of ether oxygens (including phenoxy) is 1. The number of hydrogen-bond donors (Lipinski definition) is 1. The molecule has 0 bridgehead atoms. The summed E-state index contributed by atoms with van der Waals surface area (Å²) in [6, 6.07) is 13.5. The number of amides is 3. The van der Waals surface area contributed by atoms with Gasteiger partial charge in [-0.3, -0.25) is 24.1 Å². The van der Waals surface area contributed by atoms with Crippen LogP contribution in [0.3, 0.4) is 0 Å². The Morgan fingerprint density at radius 2 is 1.78 bits per heavy atom. The molecule has 32 heavy (non-hydrogen) atoms. The number of hydrogen-bond acceptors (Lipinski definition) is 6. The van der Waals surface area contributed by atoms with Crippen LogP contribution >= 0.6 is 23.4 Å². The summed E-state index contributed by atoms with van der Waals surface area (Å²) in [6.45, 7) is 1.73. The third-order valence-electron chi connectivity index (χ3n) is 4.57. The Labute approximate surface area is 194 Å². The highest BCUT2D eigenvalue weighted by atomic mass is 35.5. The van der Waals surface area contributed by atoms with Gasteiger partial charge in [0, 0.05) is 30.1 Å². The number of ketones is 1. The van der Waals surface area contributed by atoms with Crippen LogP contribution in [0, 0.1) is 0 Å². The molecule has 1 N–H and O–H groups in total. The van der Waals surface area contributed by atoms with Gasteiger partial charge in [-0.15, -0.1) is 0 Å². The normalized spacial score (nSPS) is 14.7. The van der Waals surface area contributed by atoms with Gasteiger partial charge in [-0.25, -0.2) is 0 Å². The van der Waals surface area contributed by atoms with Crippen LogP contribution in [-0.4, -0.2) is 47.4 Å². The van der Waals surface area contributed by atoms with Crippen LogP contribution in [0.2, 0.25) is 5.02 Å². The number of nitrogens with one attached hydrogen (secondary N) is 1. The minimum Gasteiger partial charge on any atom is -0.484 e. The number of imide groups is 1. The molecule has 1 fully saturated rings. The average molecular weight is 473 g/mol. The van der Waals surface area contributed by atoms with E-state index in [1.165, 1.54) is 0 Å². The minimum absolute atomic E-state index is 0.0321. The van der Waals surface area contributed by atoms with Crippen LogP contribution in [-0.2, 0) is 9.59 Å². The molecular formula is C23H21ClN2O5S. The maximum atomic E-state index is 12.5. The van der Waals surface area contributed by atoms with E-state index in [1.54, 1.807) is 61.5 Å². The fraction of sp³-hybridized carbons (Fsp3) is 0.217. The monoisotopic (exact) mass is 472 g/mol. The zero-order chi connectivity index (χ0) is 23.1. The molecule has 3 amide bonds. The predicted octanol–water partition coefficient (Wildman–Crippen LogP) is 4.16. The van der Waals surface area contributed by atoms with Crippen molar-refractivity contribution in [2.75, 3.05) is 19.7 Å². The maximum Gasteiger partial charge on any atom is 0.293 e. The van der Waals surface area contributed by atoms with Crippen molar-refractivity contribution in [2.45, 2.75) is 13.3 Å². The number of benzene rings is 2. The summed E-state index contributed by atoms with van der Waals surface area (Å²) >= 11 is 6.71. The molecule has 1 aliphatic heterocycles. The van der Waals surface area contributed by atoms with Gasteiger partial charge >= 0.3 is 0 Å². The molecule has 0 aromatic heterocycles. The summed E-state index contributed by atoms with van der Waals surface area (Å²) in [7, 11) is 0. The summed E-state index contributed by atoms with van der Waals surface area (Å²) in [5.41, 5.74) is 1.35. The zero-order valence-corrected chi connectivity index (χ0v) is 18.9. The van der Waals surface area contributed by atoms with Gasteiger partial charge in [-0.1, -0.05) is 30.7 Å². The van der Waals surface area contributed by atoms with Crippen molar-refractivity contribution < 1.29 is 23.9 Å². The number of nitrogens with zero attached hydrogens (tertiary/aromatic N) is 1. The van der Waals surface area contributed by atoms with Crippen LogP contribution in [0.15, 0.2) is 53.4 Å². The molecule has 0 radical (unpaired) electrons. The number of carbonyl (C=O) groups excluding carboxylic acids is 4. The number of thioether (sulfide) groups is 1. The average Bonchev–Trinajstić information content (AvgIpc) is 3.06. The number of Topliss-reactive ketones (excluding diaryl/α,β-unsaturated/α-hetero) is 1. The van der Waals surface area contributed by atoms with Gasteiger partial charge in [-0.05, 0) is 59.8 Å². The first-order valence-electron chi connectivity index (χ1n) is 9.91. The van der Waals surface area contributed by atoms with Crippen molar-refractivity contribution >= 4 is 52.3 Å². The fourth-order valence-corrected chi connectivity index (χ4v) is 3.84. The van der Waals surface area contributed by atoms with Crippen molar-refractivity contribution in [1.82, 2.24) is 10.2 Å². The topological polar surface area (TPSA) is 92.8 Å². The summed E-state index contributed by atoms with van der Waals surface area (Å²) in [5.74, 6) is -0.291. The Bertz CT molecular complexity index is 1050. The molecule has 0 atom stereocenters. The highest BCUT2D eigenvalue weighted by Crippen LogP contribution is 2.32. The first kappa shape index (κ1) is 23.6. The summed E-state index contributed by atoms with van der Waals surface area (Å²) in [6.07, 6.45) is 2.05. The summed E-state index contributed by atoms with van der Waals surface area (Å²) in [4.78, 5) is 49.7. The van der Waals surface area contributed by atoms with E-state index in [2.05, 4.69) is 5.32 Å². The van der Waals surface area contributed by atoms with Gasteiger partial charge in [0.05, 0.1) is 4.91 Å². The standard InChI is InChI=1S/C23H21ClN2O5S/c1-2-19(27)16-5-9-18(10-6-16)31-14-21(28)25-11-12-26-22(29)20(32-23(26)30)13-15-3-7-17(24)8-4-15/h3-10,13H,2,11-12,14H2,1H3,(H,25,28). The van der Waals surface area contributed by atoms with Crippen molar-refractivity contribution in [3.63, 3.8) is 0 Å². The highest BCUT2D eigenvalue weighted by molar-refractivity contribution is 8.18. The van der Waals surface area contributed by atoms with Crippen LogP contribution in [0.5, 0.6) is 5.75 Å². The second-order valence-corrected chi connectivity index (χ2v) is 8.25. The van der Waals surface area contributed by atoms with Gasteiger partial charge in [0.1, 0.15) is 5.75 Å². The lowest BCUT2D eigenvalue weighted by Crippen LogP contribution is -2.38. The van der Waals surface area contributed by atoms with Gasteiger partial charge < -0.3 is 10.1 Å². The largest absolute Gasteiger partial charge is 0.484 e. The van der Waals surface area contributed by atoms with E-state index in [4.69, 9.17) is 16.3 Å². The van der Waals surface area contributed by atoms with Crippen molar-refractivity contribution in [2.24, 2.45) is 0 Å². The summed E-state index contributed by atoms with van der Waals surface area (Å²) < 4.78 is 5.40. The van der Waals surface area contributed by atoms with E-state index in [-0.39, 0.29) is 36.6 Å². The quantitative estimate of drug-likeness (QED) is 0.435. The number of carbonyl (C=O) groups is 4. The Morgan fingerprint density at radius 3 is 2.44 bits per heavy atom. The Morgan fingerprint density at radius 1 is 1.09 bits per heavy atom. The molecule has 0 unspecified atom stereocenters. The smallest absolute Gasteiger partial charge is 0.293 e. The molecule has 0 aliphatic carbocycles. The van der Waals surface area contributed by atoms with Crippen LogP contribution < -0.4 is 10.1 Å². The third kappa shape index (κ3) is 6.21. The van der Waals surface area contributed by atoms with E-state index < -0.39 is 5.91 Å². The molecule has 7 nitrogen and oxygen atoms in total. The van der Waals surface area contributed by atoms with Crippen LogP contribution in [0.1, 0.15) is 29.3 Å². The Kier molecular flexibility index (Phi) is 8.08. The van der Waals surface area contributed by atoms with Gasteiger partial charge in [0.15, 0.2) is 12.4 Å². The van der Waals surface area contributed by atoms with E-state index in [9.17, 15) is 19.2 Å². The predicted molar refractivity (Wildman–Crippen MR) is 124 cm³/mol. The maximum absolute atomic E-state index is 12.5. The van der Waals surface area contributed by atoms with Crippen LogP contribution in [0.4, 0.5) is 4.79 Å². The number of halogens is 1. The third-order valence-corrected chi connectivity index (χ3v) is 5.73. The molecule has 9 heteroatoms. The molecule has 2 aromatic rings. The van der Waals surface area contributed by atoms with Gasteiger partial charge in [0.25, 0.3) is 17.1 Å². The second kappa shape index (κ2) is 11.0. The molecule has 3 rings (SSSR count). The molecule has 166 valence electrons. The Balaban J connectivity index is 1.44. The van der Waals surface area contributed by atoms with Crippen molar-refractivity contribution in [3.05, 3.63) is 69.6 Å². The number of rotatable bonds is 9. The highest BCUT2D eigenvalue weighted by Gasteiger charge is 2.34. The minimum atomic E-state index is -0.401. The van der Waals surface area contributed by atoms with E-state index in [0.717, 1.165) is 22.2 Å². The molecule has 1 heterocycles. The summed E-state index contributed by atoms with van der Waals surface area (Å²) in [5, 5.41) is 2.82. The van der Waals surface area contributed by atoms with Crippen molar-refractivity contribution in [1.29, 1.82) is 0 Å². The van der Waals surface area contributed by atoms with Gasteiger partial charge in [0.2, 0.25) is 0 Å². The molecule has 0 saturated carbocycles. The second-order valence-electron chi connectivity index (χ2n) is 6.82. The first-order chi connectivity index (χ1) is 15.4. The van der Waals surface area contributed by atoms with Gasteiger partial charge in [-0.2, -0.15) is 0 Å². The zero-order valence-electron chi connectivity index (χ0n) is 17.3. The van der Waals surface area contributed by atoms with E-state index in [0.29, 0.717) is 27.7 Å². The molecule has 2 aromatic carbocycles. The molecule has 1 saturated heterocycles. The fourth-order valence-electron chi connectivity index (χ4n) is 2.85. The first-order valence-corrected chi connectivity index (χ1v) is 11.1. The lowest BCUT2D eigenvalue weighted by atomic mass is 10.1. The van der Waals surface area contributed by atoms with E-state index in [1.807, 2.05) is 0 Å². The lowest BCUT2D eigenvalue weighted by molar-refractivity contribution is -0.125. The molecule has 0 spiro atoms. The van der Waals surface area contributed by atoms with Crippen LogP contribution in [0.25, 0.3) is 6.08 Å². The van der Waals surface area contributed by atoms with E-state index >= 15 is 0 Å².